The summed E-state index contributed by atoms with van der Waals surface area (Å²) in [7, 11) is 3.14. The molecular formula is C19H18BrN3O4S2. The van der Waals surface area contributed by atoms with Crippen LogP contribution in [0, 0.1) is 0 Å². The fraction of sp³-hybridized carbons (Fsp3) is 0.211. The summed E-state index contributed by atoms with van der Waals surface area (Å²) in [6, 6.07) is 8.26. The molecule has 0 aliphatic carbocycles. The fourth-order valence-corrected chi connectivity index (χ4v) is 4.45. The standard InChI is InChI=1S/C19H18BrN3O4S2/c1-10(21-18(25)15-6-7-16(20)29-15)17(24)23-19-22-12(9-28-19)11-4-5-13(26-2)14(8-11)27-3/h4-10H,1-3H3,(H,21,25)(H,22,23,24). The number of nitrogens with zero attached hydrogens (tertiary/aromatic N) is 1. The Kier molecular flexibility index (Phi) is 6.88. The number of hydrogen-bond acceptors (Lipinski definition) is 7. The molecule has 0 spiro atoms. The highest BCUT2D eigenvalue weighted by molar-refractivity contribution is 9.11. The number of hydrogen-bond donors (Lipinski definition) is 2. The van der Waals surface area contributed by atoms with E-state index in [0.29, 0.717) is 27.2 Å². The summed E-state index contributed by atoms with van der Waals surface area (Å²) >= 11 is 5.92. The summed E-state index contributed by atoms with van der Waals surface area (Å²) in [6.45, 7) is 1.62. The van der Waals surface area contributed by atoms with Gasteiger partial charge in [0.2, 0.25) is 5.91 Å². The van der Waals surface area contributed by atoms with Crippen molar-refractivity contribution in [3.05, 3.63) is 44.4 Å². The Labute approximate surface area is 184 Å². The van der Waals surface area contributed by atoms with Gasteiger partial charge in [0.05, 0.1) is 28.6 Å². The molecule has 2 aromatic heterocycles. The Morgan fingerprint density at radius 3 is 2.55 bits per heavy atom. The number of halogens is 1. The van der Waals surface area contributed by atoms with Crippen LogP contribution in [0.25, 0.3) is 11.3 Å². The normalized spacial score (nSPS) is 11.6. The van der Waals surface area contributed by atoms with Crippen LogP contribution in [0.4, 0.5) is 5.13 Å². The molecule has 152 valence electrons. The lowest BCUT2D eigenvalue weighted by molar-refractivity contribution is -0.117. The SMILES string of the molecule is COc1ccc(-c2csc(NC(=O)C(C)NC(=O)c3ccc(Br)s3)n2)cc1OC. The smallest absolute Gasteiger partial charge is 0.262 e. The van der Waals surface area contributed by atoms with E-state index >= 15 is 0 Å². The van der Waals surface area contributed by atoms with Crippen molar-refractivity contribution in [2.24, 2.45) is 0 Å². The molecule has 1 aromatic carbocycles. The number of anilines is 1. The number of thiazole rings is 1. The van der Waals surface area contributed by atoms with Crippen LogP contribution in [0.15, 0.2) is 39.5 Å². The topological polar surface area (TPSA) is 89.6 Å². The third kappa shape index (κ3) is 5.14. The van der Waals surface area contributed by atoms with Crippen LogP contribution >= 0.6 is 38.6 Å². The second-order valence-corrected chi connectivity index (χ2v) is 9.22. The van der Waals surface area contributed by atoms with Crippen LogP contribution < -0.4 is 20.1 Å². The largest absolute Gasteiger partial charge is 0.493 e. The Morgan fingerprint density at radius 1 is 1.14 bits per heavy atom. The van der Waals surface area contributed by atoms with Crippen LogP contribution in [0.3, 0.4) is 0 Å². The molecular weight excluding hydrogens is 478 g/mol. The number of amides is 2. The van der Waals surface area contributed by atoms with Crippen LogP contribution in [0.2, 0.25) is 0 Å². The van der Waals surface area contributed by atoms with Gasteiger partial charge in [0.1, 0.15) is 6.04 Å². The van der Waals surface area contributed by atoms with Gasteiger partial charge in [0.25, 0.3) is 5.91 Å². The summed E-state index contributed by atoms with van der Waals surface area (Å²) in [6.07, 6.45) is 0. The zero-order valence-electron chi connectivity index (χ0n) is 15.8. The van der Waals surface area contributed by atoms with Gasteiger partial charge in [-0.15, -0.1) is 22.7 Å². The molecule has 0 fully saturated rings. The van der Waals surface area contributed by atoms with Gasteiger partial charge in [-0.05, 0) is 53.2 Å². The number of nitrogens with one attached hydrogen (secondary N) is 2. The van der Waals surface area contributed by atoms with E-state index in [9.17, 15) is 9.59 Å². The predicted molar refractivity (Wildman–Crippen MR) is 118 cm³/mol. The lowest BCUT2D eigenvalue weighted by Crippen LogP contribution is -2.41. The molecule has 0 bridgehead atoms. The van der Waals surface area contributed by atoms with E-state index in [1.54, 1.807) is 39.3 Å². The van der Waals surface area contributed by atoms with E-state index in [-0.39, 0.29) is 11.8 Å². The highest BCUT2D eigenvalue weighted by Gasteiger charge is 2.19. The fourth-order valence-electron chi connectivity index (χ4n) is 2.44. The van der Waals surface area contributed by atoms with E-state index in [4.69, 9.17) is 9.47 Å². The van der Waals surface area contributed by atoms with E-state index in [0.717, 1.165) is 9.35 Å². The lowest BCUT2D eigenvalue weighted by Gasteiger charge is -2.12. The van der Waals surface area contributed by atoms with Gasteiger partial charge in [0.15, 0.2) is 16.6 Å². The van der Waals surface area contributed by atoms with Crippen molar-refractivity contribution in [3.8, 4) is 22.8 Å². The first-order valence-electron chi connectivity index (χ1n) is 8.46. The molecule has 10 heteroatoms. The van der Waals surface area contributed by atoms with Crippen molar-refractivity contribution in [2.75, 3.05) is 19.5 Å². The summed E-state index contributed by atoms with van der Waals surface area (Å²) in [5, 5.41) is 7.70. The maximum Gasteiger partial charge on any atom is 0.262 e. The second-order valence-electron chi connectivity index (χ2n) is 5.90. The minimum atomic E-state index is -0.711. The molecule has 0 saturated carbocycles. The minimum absolute atomic E-state index is 0.298. The highest BCUT2D eigenvalue weighted by Crippen LogP contribution is 2.33. The average molecular weight is 496 g/mol. The maximum atomic E-state index is 12.4. The number of carbonyl (C=O) groups excluding carboxylic acids is 2. The second kappa shape index (κ2) is 9.38. The first-order chi connectivity index (χ1) is 13.9. The lowest BCUT2D eigenvalue weighted by atomic mass is 10.1. The van der Waals surface area contributed by atoms with Crippen molar-refractivity contribution in [3.63, 3.8) is 0 Å². The molecule has 0 radical (unpaired) electrons. The van der Waals surface area contributed by atoms with Gasteiger partial charge in [-0.1, -0.05) is 0 Å². The Morgan fingerprint density at radius 2 is 1.90 bits per heavy atom. The minimum Gasteiger partial charge on any atom is -0.493 e. The van der Waals surface area contributed by atoms with Gasteiger partial charge < -0.3 is 20.1 Å². The van der Waals surface area contributed by atoms with E-state index in [1.165, 1.54) is 22.7 Å². The zero-order valence-corrected chi connectivity index (χ0v) is 19.0. The van der Waals surface area contributed by atoms with Gasteiger partial charge in [-0.25, -0.2) is 4.98 Å². The Bertz CT molecular complexity index is 1030. The summed E-state index contributed by atoms with van der Waals surface area (Å²) < 4.78 is 11.4. The van der Waals surface area contributed by atoms with Gasteiger partial charge in [-0.2, -0.15) is 0 Å². The average Bonchev–Trinajstić information content (AvgIpc) is 3.36. The number of methoxy groups -OCH3 is 2. The maximum absolute atomic E-state index is 12.4. The van der Waals surface area contributed by atoms with Crippen molar-refractivity contribution >= 4 is 55.5 Å². The molecule has 3 aromatic rings. The number of benzene rings is 1. The monoisotopic (exact) mass is 495 g/mol. The molecule has 1 atom stereocenters. The van der Waals surface area contributed by atoms with Crippen molar-refractivity contribution in [2.45, 2.75) is 13.0 Å². The zero-order chi connectivity index (χ0) is 21.0. The summed E-state index contributed by atoms with van der Waals surface area (Å²) in [4.78, 5) is 29.6. The van der Waals surface area contributed by atoms with Crippen molar-refractivity contribution < 1.29 is 19.1 Å². The molecule has 0 aliphatic rings. The van der Waals surface area contributed by atoms with Gasteiger partial charge in [-0.3, -0.25) is 9.59 Å². The third-order valence-electron chi connectivity index (χ3n) is 3.95. The van der Waals surface area contributed by atoms with E-state index in [2.05, 4.69) is 31.5 Å². The van der Waals surface area contributed by atoms with Crippen LogP contribution in [-0.4, -0.2) is 37.1 Å². The van der Waals surface area contributed by atoms with Crippen LogP contribution in [0.5, 0.6) is 11.5 Å². The number of carbonyl (C=O) groups is 2. The van der Waals surface area contributed by atoms with E-state index < -0.39 is 6.04 Å². The number of thiophene rings is 1. The summed E-state index contributed by atoms with van der Waals surface area (Å²) in [5.74, 6) is 0.582. The van der Waals surface area contributed by atoms with Crippen molar-refractivity contribution in [1.82, 2.24) is 10.3 Å². The molecule has 2 amide bonds. The van der Waals surface area contributed by atoms with E-state index in [1.807, 2.05) is 17.5 Å². The van der Waals surface area contributed by atoms with Crippen LogP contribution in [0.1, 0.15) is 16.6 Å². The first kappa shape index (κ1) is 21.3. The number of rotatable bonds is 7. The Balaban J connectivity index is 1.65. The molecule has 2 heterocycles. The molecule has 1 unspecified atom stereocenters. The number of aromatic nitrogens is 1. The van der Waals surface area contributed by atoms with Gasteiger partial charge in [0, 0.05) is 10.9 Å². The summed E-state index contributed by atoms with van der Waals surface area (Å²) in [5.41, 5.74) is 1.54. The molecule has 3 rings (SSSR count). The van der Waals surface area contributed by atoms with Gasteiger partial charge >= 0.3 is 0 Å². The quantitative estimate of drug-likeness (QED) is 0.506. The molecule has 0 aliphatic heterocycles. The highest BCUT2D eigenvalue weighted by atomic mass is 79.9. The van der Waals surface area contributed by atoms with Crippen molar-refractivity contribution in [1.29, 1.82) is 0 Å². The predicted octanol–water partition coefficient (Wildman–Crippen LogP) is 4.41. The molecule has 0 saturated heterocycles. The molecule has 2 N–H and O–H groups in total. The Hall–Kier alpha value is -2.43. The van der Waals surface area contributed by atoms with Crippen LogP contribution in [-0.2, 0) is 4.79 Å². The number of ether oxygens (including phenoxy) is 2. The molecule has 7 nitrogen and oxygen atoms in total. The third-order valence-corrected chi connectivity index (χ3v) is 6.33. The first-order valence-corrected chi connectivity index (χ1v) is 10.9. The molecule has 29 heavy (non-hydrogen) atoms.